The maximum absolute atomic E-state index is 12.5. The first kappa shape index (κ1) is 15.5. The molecule has 2 rings (SSSR count). The number of nitrogens with two attached hydrogens (primary N) is 2. The summed E-state index contributed by atoms with van der Waals surface area (Å²) in [5, 5.41) is 3.26. The second kappa shape index (κ2) is 5.50. The molecule has 2 aromatic heterocycles. The Kier molecular flexibility index (Phi) is 3.89. The molecule has 0 aromatic carbocycles. The number of hydrogen-bond acceptors (Lipinski definition) is 7. The van der Waals surface area contributed by atoms with Gasteiger partial charge in [0, 0.05) is 0 Å². The van der Waals surface area contributed by atoms with Crippen molar-refractivity contribution >= 4 is 17.6 Å². The number of nitrogen functional groups attached to an aromatic ring is 2. The highest BCUT2D eigenvalue weighted by Gasteiger charge is 2.36. The molecule has 0 amide bonds. The highest BCUT2D eigenvalue weighted by Crippen LogP contribution is 2.27. The Bertz CT molecular complexity index is 712. The van der Waals surface area contributed by atoms with Gasteiger partial charge in [0.15, 0.2) is 5.82 Å². The van der Waals surface area contributed by atoms with Crippen LogP contribution in [0.3, 0.4) is 0 Å². The molecule has 2 aromatic rings. The van der Waals surface area contributed by atoms with E-state index in [4.69, 9.17) is 16.2 Å². The third-order valence-corrected chi connectivity index (χ3v) is 2.55. The van der Waals surface area contributed by atoms with E-state index in [2.05, 4.69) is 15.1 Å². The number of ether oxygens (including phenoxy) is 1. The summed E-state index contributed by atoms with van der Waals surface area (Å²) in [6.07, 6.45) is -3.90. The number of alkyl halides is 3. The molecule has 0 aliphatic rings. The normalized spacial score (nSPS) is 11.5. The number of pyridine rings is 1. The first-order valence-corrected chi connectivity index (χ1v) is 5.96. The minimum atomic E-state index is -4.70. The van der Waals surface area contributed by atoms with Crippen LogP contribution in [0.4, 0.5) is 24.8 Å². The Labute approximate surface area is 121 Å². The van der Waals surface area contributed by atoms with Crippen LogP contribution in [0, 0.1) is 0 Å². The monoisotopic (exact) mass is 316 g/mol. The van der Waals surface area contributed by atoms with E-state index in [0.29, 0.717) is 0 Å². The molecular weight excluding hydrogens is 305 g/mol. The van der Waals surface area contributed by atoms with Crippen molar-refractivity contribution in [1.29, 1.82) is 0 Å². The lowest BCUT2D eigenvalue weighted by Gasteiger charge is -2.09. The zero-order valence-electron chi connectivity index (χ0n) is 11.3. The summed E-state index contributed by atoms with van der Waals surface area (Å²) in [4.78, 5) is 18.6. The molecule has 118 valence electrons. The molecule has 0 saturated carbocycles. The van der Waals surface area contributed by atoms with E-state index in [-0.39, 0.29) is 29.5 Å². The van der Waals surface area contributed by atoms with Crippen LogP contribution in [0.5, 0.6) is 0 Å². The van der Waals surface area contributed by atoms with Crippen molar-refractivity contribution in [1.82, 2.24) is 19.7 Å². The second-order valence-electron chi connectivity index (χ2n) is 4.06. The van der Waals surface area contributed by atoms with Gasteiger partial charge < -0.3 is 16.2 Å². The van der Waals surface area contributed by atoms with Gasteiger partial charge in [-0.15, -0.1) is 5.10 Å². The molecule has 8 nitrogen and oxygen atoms in total. The van der Waals surface area contributed by atoms with E-state index in [1.807, 2.05) is 0 Å². The molecule has 0 bridgehead atoms. The van der Waals surface area contributed by atoms with Crippen molar-refractivity contribution < 1.29 is 22.7 Å². The number of esters is 1. The fraction of sp³-hybridized carbons (Fsp3) is 0.273. The SMILES string of the molecule is CCOC(=O)c1cc(-n2cnc(C(F)(F)F)n2)c(N)nc1N. The first-order valence-electron chi connectivity index (χ1n) is 5.96. The fourth-order valence-corrected chi connectivity index (χ4v) is 1.60. The summed E-state index contributed by atoms with van der Waals surface area (Å²) < 4.78 is 43.1. The van der Waals surface area contributed by atoms with Crippen molar-refractivity contribution in [2.45, 2.75) is 13.1 Å². The Balaban J connectivity index is 2.49. The Morgan fingerprint density at radius 3 is 2.59 bits per heavy atom. The predicted molar refractivity (Wildman–Crippen MR) is 68.9 cm³/mol. The van der Waals surface area contributed by atoms with Crippen molar-refractivity contribution in [2.24, 2.45) is 0 Å². The fourth-order valence-electron chi connectivity index (χ4n) is 1.60. The van der Waals surface area contributed by atoms with Gasteiger partial charge in [-0.25, -0.2) is 19.4 Å². The third-order valence-electron chi connectivity index (χ3n) is 2.55. The molecule has 2 heterocycles. The van der Waals surface area contributed by atoms with Gasteiger partial charge in [0.25, 0.3) is 5.82 Å². The standard InChI is InChI=1S/C11H11F3N6O2/c1-2-22-9(21)5-3-6(8(16)18-7(5)15)20-4-17-10(19-20)11(12,13)14/h3-4H,2H2,1H3,(H4,15,16,18). The molecule has 0 saturated heterocycles. The van der Waals surface area contributed by atoms with Crippen LogP contribution < -0.4 is 11.5 Å². The molecule has 0 fully saturated rings. The maximum Gasteiger partial charge on any atom is 0.453 e. The summed E-state index contributed by atoms with van der Waals surface area (Å²) >= 11 is 0. The molecule has 0 spiro atoms. The van der Waals surface area contributed by atoms with Crippen molar-refractivity contribution in [3.8, 4) is 5.69 Å². The van der Waals surface area contributed by atoms with Gasteiger partial charge in [0.1, 0.15) is 23.4 Å². The zero-order chi connectivity index (χ0) is 16.5. The predicted octanol–water partition coefficient (Wildman–Crippen LogP) is 1.02. The van der Waals surface area contributed by atoms with Gasteiger partial charge in [-0.3, -0.25) is 0 Å². The molecule has 0 unspecified atom stereocenters. The summed E-state index contributed by atoms with van der Waals surface area (Å²) in [5.41, 5.74) is 11.0. The summed E-state index contributed by atoms with van der Waals surface area (Å²) in [6.45, 7) is 1.69. The number of carbonyl (C=O) groups excluding carboxylic acids is 1. The number of anilines is 2. The topological polar surface area (TPSA) is 122 Å². The number of halogens is 3. The third kappa shape index (κ3) is 2.92. The van der Waals surface area contributed by atoms with Crippen LogP contribution in [0.1, 0.15) is 23.1 Å². The Morgan fingerprint density at radius 1 is 1.36 bits per heavy atom. The minimum Gasteiger partial charge on any atom is -0.462 e. The smallest absolute Gasteiger partial charge is 0.453 e. The van der Waals surface area contributed by atoms with E-state index < -0.39 is 18.0 Å². The number of rotatable bonds is 3. The van der Waals surface area contributed by atoms with E-state index in [0.717, 1.165) is 17.1 Å². The largest absolute Gasteiger partial charge is 0.462 e. The van der Waals surface area contributed by atoms with Gasteiger partial charge >= 0.3 is 12.1 Å². The molecule has 0 aliphatic carbocycles. The molecular formula is C11H11F3N6O2. The van der Waals surface area contributed by atoms with Gasteiger partial charge in [0.05, 0.1) is 6.61 Å². The lowest BCUT2D eigenvalue weighted by Crippen LogP contribution is -2.14. The van der Waals surface area contributed by atoms with Crippen LogP contribution >= 0.6 is 0 Å². The highest BCUT2D eigenvalue weighted by atomic mass is 19.4. The van der Waals surface area contributed by atoms with Crippen molar-refractivity contribution in [2.75, 3.05) is 18.1 Å². The lowest BCUT2D eigenvalue weighted by atomic mass is 10.2. The first-order chi connectivity index (χ1) is 10.2. The van der Waals surface area contributed by atoms with Crippen molar-refractivity contribution in [3.05, 3.63) is 23.8 Å². The minimum absolute atomic E-state index is 0.0692. The maximum atomic E-state index is 12.5. The summed E-state index contributed by atoms with van der Waals surface area (Å²) in [5.74, 6) is -2.52. The van der Waals surface area contributed by atoms with Crippen LogP contribution in [-0.4, -0.2) is 32.3 Å². The van der Waals surface area contributed by atoms with E-state index in [1.54, 1.807) is 6.92 Å². The van der Waals surface area contributed by atoms with Gasteiger partial charge in [-0.1, -0.05) is 0 Å². The summed E-state index contributed by atoms with van der Waals surface area (Å²) in [6, 6.07) is 1.14. The van der Waals surface area contributed by atoms with E-state index in [1.165, 1.54) is 0 Å². The van der Waals surface area contributed by atoms with Gasteiger partial charge in [-0.05, 0) is 13.0 Å². The molecule has 4 N–H and O–H groups in total. The van der Waals surface area contributed by atoms with Crippen LogP contribution in [0.2, 0.25) is 0 Å². The molecule has 22 heavy (non-hydrogen) atoms. The number of hydrogen-bond donors (Lipinski definition) is 2. The van der Waals surface area contributed by atoms with Crippen LogP contribution in [0.15, 0.2) is 12.4 Å². The van der Waals surface area contributed by atoms with Crippen molar-refractivity contribution in [3.63, 3.8) is 0 Å². The highest BCUT2D eigenvalue weighted by molar-refractivity contribution is 5.95. The second-order valence-corrected chi connectivity index (χ2v) is 4.06. The average Bonchev–Trinajstić information content (AvgIpc) is 2.88. The number of nitrogens with zero attached hydrogens (tertiary/aromatic N) is 4. The Morgan fingerprint density at radius 2 is 2.05 bits per heavy atom. The van der Waals surface area contributed by atoms with Gasteiger partial charge in [-0.2, -0.15) is 13.2 Å². The molecule has 0 aliphatic heterocycles. The quantitative estimate of drug-likeness (QED) is 0.811. The molecule has 11 heteroatoms. The number of carbonyl (C=O) groups is 1. The summed E-state index contributed by atoms with van der Waals surface area (Å²) in [7, 11) is 0. The molecule has 0 atom stereocenters. The zero-order valence-corrected chi connectivity index (χ0v) is 11.3. The Hall–Kier alpha value is -2.85. The van der Waals surface area contributed by atoms with Crippen LogP contribution in [0.25, 0.3) is 5.69 Å². The van der Waals surface area contributed by atoms with Gasteiger partial charge in [0.2, 0.25) is 0 Å². The van der Waals surface area contributed by atoms with Crippen LogP contribution in [-0.2, 0) is 10.9 Å². The number of aromatic nitrogens is 4. The molecule has 0 radical (unpaired) electrons. The van der Waals surface area contributed by atoms with E-state index >= 15 is 0 Å². The average molecular weight is 316 g/mol. The lowest BCUT2D eigenvalue weighted by molar-refractivity contribution is -0.144. The van der Waals surface area contributed by atoms with E-state index in [9.17, 15) is 18.0 Å².